The highest BCUT2D eigenvalue weighted by atomic mass is 16.6. The number of nitrogens with zero attached hydrogens (tertiary/aromatic N) is 1. The molecule has 0 radical (unpaired) electrons. The molecule has 0 heterocycles. The van der Waals surface area contributed by atoms with Crippen molar-refractivity contribution < 1.29 is 14.3 Å². The first-order chi connectivity index (χ1) is 6.76. The average Bonchev–Trinajstić information content (AvgIpc) is 2.18. The summed E-state index contributed by atoms with van der Waals surface area (Å²) in [5, 5.41) is 3.17. The van der Waals surface area contributed by atoms with E-state index in [1.807, 2.05) is 5.43 Å². The number of amides is 1. The molecule has 0 aromatic heterocycles. The Bertz CT molecular complexity index is 339. The van der Waals surface area contributed by atoms with Crippen LogP contribution in [-0.4, -0.2) is 19.9 Å². The highest BCUT2D eigenvalue weighted by Crippen LogP contribution is 2.18. The van der Waals surface area contributed by atoms with E-state index < -0.39 is 6.09 Å². The summed E-state index contributed by atoms with van der Waals surface area (Å²) >= 11 is 0. The third kappa shape index (κ3) is 2.78. The maximum Gasteiger partial charge on any atom is 0.433 e. The van der Waals surface area contributed by atoms with Gasteiger partial charge < -0.3 is 9.47 Å². The number of carbonyl (C=O) groups is 1. The minimum Gasteiger partial charge on any atom is -0.497 e. The van der Waals surface area contributed by atoms with Crippen LogP contribution in [0.4, 0.5) is 4.79 Å². The van der Waals surface area contributed by atoms with E-state index in [2.05, 4.69) is 11.8 Å². The third-order valence-electron chi connectivity index (χ3n) is 1.42. The lowest BCUT2D eigenvalue weighted by atomic mass is 10.3. The Kier molecular flexibility index (Phi) is 3.49. The second-order valence-electron chi connectivity index (χ2n) is 2.34. The Morgan fingerprint density at radius 2 is 2.21 bits per heavy atom. The minimum atomic E-state index is -0.687. The van der Waals surface area contributed by atoms with Gasteiger partial charge in [-0.15, -0.1) is 0 Å². The number of ether oxygens (including phenoxy) is 2. The molecule has 1 aromatic carbocycles. The van der Waals surface area contributed by atoms with Crippen LogP contribution in [0.25, 0.3) is 0 Å². The van der Waals surface area contributed by atoms with E-state index in [0.29, 0.717) is 11.5 Å². The van der Waals surface area contributed by atoms with Crippen LogP contribution in [0.15, 0.2) is 29.4 Å². The number of hydrazone groups is 1. The molecule has 1 N–H and O–H groups in total. The molecule has 5 heteroatoms. The molecule has 0 unspecified atom stereocenters. The molecule has 1 rings (SSSR count). The third-order valence-corrected chi connectivity index (χ3v) is 1.42. The van der Waals surface area contributed by atoms with E-state index >= 15 is 0 Å². The van der Waals surface area contributed by atoms with Gasteiger partial charge in [-0.1, -0.05) is 6.07 Å². The summed E-state index contributed by atoms with van der Waals surface area (Å²) in [6.45, 7) is 3.09. The molecule has 0 aliphatic carbocycles. The molecule has 0 atom stereocenters. The summed E-state index contributed by atoms with van der Waals surface area (Å²) in [6, 6.07) is 6.67. The Balaban J connectivity index is 2.66. The number of carbonyl (C=O) groups excluding carboxylic acids is 1. The van der Waals surface area contributed by atoms with Crippen LogP contribution in [0.2, 0.25) is 0 Å². The lowest BCUT2D eigenvalue weighted by Crippen LogP contribution is -2.20. The van der Waals surface area contributed by atoms with Crippen molar-refractivity contribution in [1.29, 1.82) is 0 Å². The minimum absolute atomic E-state index is 0.380. The normalized spacial score (nSPS) is 8.93. The van der Waals surface area contributed by atoms with Crippen molar-refractivity contribution in [3.8, 4) is 11.5 Å². The molecule has 14 heavy (non-hydrogen) atoms. The lowest BCUT2D eigenvalue weighted by Gasteiger charge is -2.04. The van der Waals surface area contributed by atoms with Gasteiger partial charge in [-0.2, -0.15) is 5.10 Å². The zero-order chi connectivity index (χ0) is 10.4. The first kappa shape index (κ1) is 10.0. The average molecular weight is 194 g/mol. The second-order valence-corrected chi connectivity index (χ2v) is 2.34. The van der Waals surface area contributed by atoms with Crippen LogP contribution < -0.4 is 14.9 Å². The van der Waals surface area contributed by atoms with E-state index in [9.17, 15) is 4.79 Å². The molecule has 0 bridgehead atoms. The SMILES string of the molecule is C=NNC(=O)Oc1cccc(OC)c1. The number of benzene rings is 1. The highest BCUT2D eigenvalue weighted by Gasteiger charge is 2.02. The van der Waals surface area contributed by atoms with Crippen LogP contribution in [0, 0.1) is 0 Å². The molecule has 1 aromatic rings. The first-order valence-electron chi connectivity index (χ1n) is 3.84. The second kappa shape index (κ2) is 4.86. The van der Waals surface area contributed by atoms with E-state index in [4.69, 9.17) is 9.47 Å². The van der Waals surface area contributed by atoms with Gasteiger partial charge >= 0.3 is 6.09 Å². The summed E-state index contributed by atoms with van der Waals surface area (Å²) in [5.41, 5.74) is 2.04. The van der Waals surface area contributed by atoms with Gasteiger partial charge in [-0.05, 0) is 12.1 Å². The fourth-order valence-corrected chi connectivity index (χ4v) is 0.859. The molecule has 0 saturated carbocycles. The predicted octanol–water partition coefficient (Wildman–Crippen LogP) is 1.40. The summed E-state index contributed by atoms with van der Waals surface area (Å²) in [4.78, 5) is 10.9. The lowest BCUT2D eigenvalue weighted by molar-refractivity contribution is 0.201. The molecule has 1 amide bonds. The van der Waals surface area contributed by atoms with E-state index in [1.165, 1.54) is 7.11 Å². The van der Waals surface area contributed by atoms with Crippen LogP contribution in [-0.2, 0) is 0 Å². The molecule has 0 aliphatic heterocycles. The monoisotopic (exact) mass is 194 g/mol. The smallest absolute Gasteiger partial charge is 0.433 e. The Hall–Kier alpha value is -2.04. The Morgan fingerprint density at radius 1 is 1.50 bits per heavy atom. The van der Waals surface area contributed by atoms with Crippen LogP contribution in [0.3, 0.4) is 0 Å². The molecule has 0 aliphatic rings. The summed E-state index contributed by atoms with van der Waals surface area (Å²) < 4.78 is 9.78. The molecule has 74 valence electrons. The summed E-state index contributed by atoms with van der Waals surface area (Å²) in [7, 11) is 1.53. The standard InChI is InChI=1S/C9H10N2O3/c1-10-11-9(12)14-8-5-3-4-7(6-8)13-2/h3-6H,1H2,2H3,(H,11,12). The molecular weight excluding hydrogens is 184 g/mol. The highest BCUT2D eigenvalue weighted by molar-refractivity contribution is 5.70. The number of rotatable bonds is 3. The van der Waals surface area contributed by atoms with Crippen LogP contribution in [0.5, 0.6) is 11.5 Å². The van der Waals surface area contributed by atoms with Gasteiger partial charge in [0.25, 0.3) is 0 Å². The summed E-state index contributed by atoms with van der Waals surface area (Å²) in [5.74, 6) is 0.993. The Morgan fingerprint density at radius 3 is 2.86 bits per heavy atom. The molecule has 0 fully saturated rings. The van der Waals surface area contributed by atoms with E-state index in [0.717, 1.165) is 0 Å². The first-order valence-corrected chi connectivity index (χ1v) is 3.84. The van der Waals surface area contributed by atoms with Crippen molar-refractivity contribution in [1.82, 2.24) is 5.43 Å². The fraction of sp³-hybridized carbons (Fsp3) is 0.111. The van der Waals surface area contributed by atoms with Crippen LogP contribution >= 0.6 is 0 Å². The number of hydrogen-bond acceptors (Lipinski definition) is 4. The number of hydrogen-bond donors (Lipinski definition) is 1. The van der Waals surface area contributed by atoms with Crippen molar-refractivity contribution in [2.24, 2.45) is 5.10 Å². The molecular formula is C9H10N2O3. The summed E-state index contributed by atoms with van der Waals surface area (Å²) in [6.07, 6.45) is -0.687. The van der Waals surface area contributed by atoms with Gasteiger partial charge in [0.05, 0.1) is 7.11 Å². The fourth-order valence-electron chi connectivity index (χ4n) is 0.859. The van der Waals surface area contributed by atoms with Crippen molar-refractivity contribution in [3.63, 3.8) is 0 Å². The van der Waals surface area contributed by atoms with Crippen molar-refractivity contribution in [2.75, 3.05) is 7.11 Å². The van der Waals surface area contributed by atoms with Crippen molar-refractivity contribution in [2.45, 2.75) is 0 Å². The largest absolute Gasteiger partial charge is 0.497 e. The van der Waals surface area contributed by atoms with Crippen molar-refractivity contribution in [3.05, 3.63) is 24.3 Å². The van der Waals surface area contributed by atoms with Gasteiger partial charge in [-0.3, -0.25) is 0 Å². The maximum atomic E-state index is 10.9. The van der Waals surface area contributed by atoms with Crippen molar-refractivity contribution >= 4 is 12.8 Å². The maximum absolute atomic E-state index is 10.9. The Labute approximate surface area is 81.3 Å². The van der Waals surface area contributed by atoms with Gasteiger partial charge in [0.2, 0.25) is 0 Å². The van der Waals surface area contributed by atoms with Gasteiger partial charge in [0.1, 0.15) is 11.5 Å². The van der Waals surface area contributed by atoms with Gasteiger partial charge in [0, 0.05) is 12.8 Å². The molecule has 5 nitrogen and oxygen atoms in total. The van der Waals surface area contributed by atoms with Crippen LogP contribution in [0.1, 0.15) is 0 Å². The number of nitrogens with one attached hydrogen (secondary N) is 1. The van der Waals surface area contributed by atoms with Gasteiger partial charge in [-0.25, -0.2) is 10.2 Å². The topological polar surface area (TPSA) is 59.9 Å². The quantitative estimate of drug-likeness (QED) is 0.584. The van der Waals surface area contributed by atoms with E-state index in [1.54, 1.807) is 24.3 Å². The predicted molar refractivity (Wildman–Crippen MR) is 51.7 cm³/mol. The van der Waals surface area contributed by atoms with E-state index in [-0.39, 0.29) is 0 Å². The zero-order valence-corrected chi connectivity index (χ0v) is 7.69. The zero-order valence-electron chi connectivity index (χ0n) is 7.69. The van der Waals surface area contributed by atoms with Gasteiger partial charge in [0.15, 0.2) is 0 Å². The molecule has 0 spiro atoms. The molecule has 0 saturated heterocycles. The number of methoxy groups -OCH3 is 1.